The minimum absolute atomic E-state index is 0.0666. The zero-order valence-electron chi connectivity index (χ0n) is 9.45. The Balaban J connectivity index is 1.85. The first-order valence-corrected chi connectivity index (χ1v) is 6.55. The van der Waals surface area contributed by atoms with Crippen molar-refractivity contribution in [3.05, 3.63) is 0 Å². The molecular weight excluding hydrogens is 202 g/mol. The number of hydrogen-bond donors (Lipinski definition) is 0. The van der Waals surface area contributed by atoms with Crippen LogP contribution < -0.4 is 0 Å². The minimum atomic E-state index is -0.0666. The van der Waals surface area contributed by atoms with Crippen molar-refractivity contribution in [1.29, 1.82) is 0 Å². The van der Waals surface area contributed by atoms with Crippen molar-refractivity contribution in [2.75, 3.05) is 6.61 Å². The molecule has 0 radical (unpaired) electrons. The van der Waals surface area contributed by atoms with Gasteiger partial charge in [0.1, 0.15) is 0 Å². The topological polar surface area (TPSA) is 38.7 Å². The quantitative estimate of drug-likeness (QED) is 0.500. The average Bonchev–Trinajstić information content (AvgIpc) is 2.78. The summed E-state index contributed by atoms with van der Waals surface area (Å²) in [5.41, 5.74) is 0.164. The first-order valence-electron chi connectivity index (χ1n) is 6.55. The highest BCUT2D eigenvalue weighted by atomic mass is 16.5. The molecule has 0 aromatic carbocycles. The summed E-state index contributed by atoms with van der Waals surface area (Å²) in [6, 6.07) is 0. The van der Waals surface area contributed by atoms with Crippen molar-refractivity contribution in [3.63, 3.8) is 0 Å². The van der Waals surface area contributed by atoms with Crippen LogP contribution in [0.1, 0.15) is 38.5 Å². The Morgan fingerprint density at radius 3 is 3.00 bits per heavy atom. The van der Waals surface area contributed by atoms with Crippen LogP contribution in [0, 0.1) is 17.3 Å². The summed E-state index contributed by atoms with van der Waals surface area (Å²) in [5.74, 6) is 1.34. The van der Waals surface area contributed by atoms with Crippen LogP contribution in [-0.2, 0) is 9.53 Å². The smallest absolute Gasteiger partial charge is 0.235 e. The Labute approximate surface area is 95.3 Å². The fraction of sp³-hybridized carbons (Fsp3) is 0.923. The van der Waals surface area contributed by atoms with Crippen LogP contribution in [0.3, 0.4) is 0 Å². The summed E-state index contributed by atoms with van der Waals surface area (Å²) in [6.45, 7) is 0.851. The number of nitrogens with zero attached hydrogens (tertiary/aromatic N) is 1. The Hall–Kier alpha value is -0.660. The summed E-state index contributed by atoms with van der Waals surface area (Å²) in [4.78, 5) is 15.1. The maximum atomic E-state index is 10.8. The van der Waals surface area contributed by atoms with Crippen LogP contribution in [0.25, 0.3) is 0 Å². The van der Waals surface area contributed by atoms with Crippen molar-refractivity contribution in [1.82, 2.24) is 0 Å². The number of carbonyl (C=O) groups excluding carboxylic acids is 1. The van der Waals surface area contributed by atoms with E-state index in [2.05, 4.69) is 4.99 Å². The van der Waals surface area contributed by atoms with Gasteiger partial charge in [0.05, 0.1) is 18.2 Å². The van der Waals surface area contributed by atoms with Gasteiger partial charge in [-0.25, -0.2) is 4.79 Å². The molecule has 1 spiro atoms. The number of ether oxygens (including phenoxy) is 1. The maximum absolute atomic E-state index is 10.8. The van der Waals surface area contributed by atoms with E-state index in [-0.39, 0.29) is 11.0 Å². The van der Waals surface area contributed by atoms with E-state index in [1.165, 1.54) is 32.1 Å². The monoisotopic (exact) mass is 219 g/mol. The number of hydrogen-bond acceptors (Lipinski definition) is 3. The van der Waals surface area contributed by atoms with E-state index in [0.717, 1.165) is 13.0 Å². The van der Waals surface area contributed by atoms with E-state index in [4.69, 9.17) is 4.74 Å². The molecule has 0 N–H and O–H groups in total. The van der Waals surface area contributed by atoms with Crippen LogP contribution in [0.2, 0.25) is 0 Å². The third kappa shape index (κ3) is 0.742. The van der Waals surface area contributed by atoms with Crippen molar-refractivity contribution < 1.29 is 9.53 Å². The molecule has 0 aromatic rings. The molecule has 4 aliphatic rings. The number of fused-ring (bicyclic) bond motifs is 1. The second kappa shape index (κ2) is 2.77. The van der Waals surface area contributed by atoms with Crippen LogP contribution in [-0.4, -0.2) is 24.3 Å². The number of aliphatic imine (C=N–C) groups is 1. The summed E-state index contributed by atoms with van der Waals surface area (Å²) >= 11 is 0. The van der Waals surface area contributed by atoms with Crippen LogP contribution >= 0.6 is 0 Å². The van der Waals surface area contributed by atoms with E-state index in [9.17, 15) is 4.79 Å². The zero-order chi connectivity index (χ0) is 10.8. The standard InChI is InChI=1S/C13H17NO2/c15-8-14-13-6-2-1-5-12(13)7-16-10-4-3-9(13)11(10)12/h9-11H,1-7H2/t9-,10+,11-,12+,13-/m0/s1. The van der Waals surface area contributed by atoms with Gasteiger partial charge in [-0.3, -0.25) is 0 Å². The van der Waals surface area contributed by atoms with Crippen molar-refractivity contribution in [2.24, 2.45) is 22.2 Å². The van der Waals surface area contributed by atoms with E-state index >= 15 is 0 Å². The second-order valence-electron chi connectivity index (χ2n) is 6.05. The summed E-state index contributed by atoms with van der Waals surface area (Å²) in [5, 5.41) is 0. The molecule has 86 valence electrons. The van der Waals surface area contributed by atoms with E-state index in [1.807, 2.05) is 6.08 Å². The highest BCUT2D eigenvalue weighted by molar-refractivity contribution is 5.40. The lowest BCUT2D eigenvalue weighted by Gasteiger charge is -2.65. The third-order valence-electron chi connectivity index (χ3n) is 5.94. The van der Waals surface area contributed by atoms with Gasteiger partial charge < -0.3 is 4.74 Å². The number of isocyanates is 1. The lowest BCUT2D eigenvalue weighted by Crippen LogP contribution is -2.69. The summed E-state index contributed by atoms with van der Waals surface area (Å²) < 4.78 is 5.97. The van der Waals surface area contributed by atoms with Crippen molar-refractivity contribution >= 4 is 6.08 Å². The van der Waals surface area contributed by atoms with E-state index < -0.39 is 0 Å². The fourth-order valence-corrected chi connectivity index (χ4v) is 5.52. The molecule has 16 heavy (non-hydrogen) atoms. The molecular formula is C13H17NO2. The molecule has 4 fully saturated rings. The molecule has 1 saturated heterocycles. The normalized spacial score (nSPS) is 57.1. The van der Waals surface area contributed by atoms with Gasteiger partial charge in [-0.2, -0.15) is 4.99 Å². The molecule has 0 amide bonds. The predicted molar refractivity (Wildman–Crippen MR) is 57.7 cm³/mol. The van der Waals surface area contributed by atoms with E-state index in [1.54, 1.807) is 0 Å². The molecule has 0 bridgehead atoms. The Morgan fingerprint density at radius 2 is 2.12 bits per heavy atom. The van der Waals surface area contributed by atoms with Gasteiger partial charge in [-0.1, -0.05) is 12.8 Å². The van der Waals surface area contributed by atoms with Crippen molar-refractivity contribution in [3.8, 4) is 0 Å². The molecule has 1 heterocycles. The van der Waals surface area contributed by atoms with Gasteiger partial charge in [0, 0.05) is 11.3 Å². The van der Waals surface area contributed by atoms with Crippen LogP contribution in [0.5, 0.6) is 0 Å². The summed E-state index contributed by atoms with van der Waals surface area (Å²) in [6.07, 6.45) is 9.58. The Kier molecular flexibility index (Phi) is 1.62. The fourth-order valence-electron chi connectivity index (χ4n) is 5.52. The Morgan fingerprint density at radius 1 is 1.25 bits per heavy atom. The molecule has 0 aromatic heterocycles. The third-order valence-corrected chi connectivity index (χ3v) is 5.94. The first kappa shape index (κ1) is 9.38. The van der Waals surface area contributed by atoms with Gasteiger partial charge in [-0.05, 0) is 31.6 Å². The van der Waals surface area contributed by atoms with Gasteiger partial charge in [0.25, 0.3) is 0 Å². The second-order valence-corrected chi connectivity index (χ2v) is 6.05. The van der Waals surface area contributed by atoms with Gasteiger partial charge >= 0.3 is 0 Å². The maximum Gasteiger partial charge on any atom is 0.235 e. The average molecular weight is 219 g/mol. The molecule has 0 unspecified atom stereocenters. The number of rotatable bonds is 1. The lowest BCUT2D eigenvalue weighted by molar-refractivity contribution is -0.132. The molecule has 3 nitrogen and oxygen atoms in total. The Bertz CT molecular complexity index is 385. The zero-order valence-corrected chi connectivity index (χ0v) is 9.45. The predicted octanol–water partition coefficient (Wildman–Crippen LogP) is 2.06. The lowest BCUT2D eigenvalue weighted by atomic mass is 9.40. The largest absolute Gasteiger partial charge is 0.377 e. The highest BCUT2D eigenvalue weighted by Crippen LogP contribution is 2.75. The van der Waals surface area contributed by atoms with Crippen LogP contribution in [0.15, 0.2) is 4.99 Å². The van der Waals surface area contributed by atoms with Crippen molar-refractivity contribution in [2.45, 2.75) is 50.2 Å². The van der Waals surface area contributed by atoms with Crippen LogP contribution in [0.4, 0.5) is 0 Å². The first-order chi connectivity index (χ1) is 7.84. The molecule has 3 saturated carbocycles. The molecule has 3 heteroatoms. The highest BCUT2D eigenvalue weighted by Gasteiger charge is 2.78. The molecule has 1 aliphatic heterocycles. The molecule has 4 rings (SSSR count). The van der Waals surface area contributed by atoms with E-state index in [0.29, 0.717) is 17.9 Å². The van der Waals surface area contributed by atoms with Gasteiger partial charge in [-0.15, -0.1) is 0 Å². The minimum Gasteiger partial charge on any atom is -0.377 e. The molecule has 3 aliphatic carbocycles. The molecule has 5 atom stereocenters. The SMILES string of the molecule is O=C=N[C@]12CCCC[C@]13CO[C@@H]1CC[C@H]2[C@@H]13. The summed E-state index contributed by atoms with van der Waals surface area (Å²) in [7, 11) is 0. The van der Waals surface area contributed by atoms with Gasteiger partial charge in [0.2, 0.25) is 6.08 Å². The van der Waals surface area contributed by atoms with Gasteiger partial charge in [0.15, 0.2) is 0 Å².